The van der Waals surface area contributed by atoms with Crippen molar-refractivity contribution >= 4 is 17.8 Å². The summed E-state index contributed by atoms with van der Waals surface area (Å²) in [5.41, 5.74) is 1.53. The van der Waals surface area contributed by atoms with Gasteiger partial charge < -0.3 is 15.0 Å². The van der Waals surface area contributed by atoms with E-state index < -0.39 is 0 Å². The van der Waals surface area contributed by atoms with Gasteiger partial charge in [0.15, 0.2) is 0 Å². The molecule has 1 saturated carbocycles. The largest absolute Gasteiger partial charge is 0.469 e. The summed E-state index contributed by atoms with van der Waals surface area (Å²) in [6, 6.07) is 7.24. The van der Waals surface area contributed by atoms with Crippen molar-refractivity contribution in [3.63, 3.8) is 0 Å². The highest BCUT2D eigenvalue weighted by atomic mass is 16.5. The van der Waals surface area contributed by atoms with E-state index in [9.17, 15) is 14.4 Å². The van der Waals surface area contributed by atoms with E-state index in [0.717, 1.165) is 31.2 Å². The maximum absolute atomic E-state index is 12.7. The predicted octanol–water partition coefficient (Wildman–Crippen LogP) is 2.91. The molecule has 1 N–H and O–H groups in total. The number of ether oxygens (including phenoxy) is 1. The summed E-state index contributed by atoms with van der Waals surface area (Å²) in [6.07, 6.45) is 4.41. The lowest BCUT2D eigenvalue weighted by molar-refractivity contribution is -0.140. The normalized spacial score (nSPS) is 14.2. The van der Waals surface area contributed by atoms with E-state index in [4.69, 9.17) is 0 Å². The lowest BCUT2D eigenvalue weighted by atomic mass is 10.1. The zero-order valence-electron chi connectivity index (χ0n) is 16.5. The van der Waals surface area contributed by atoms with Gasteiger partial charge in [-0.15, -0.1) is 0 Å². The molecule has 0 radical (unpaired) electrons. The quantitative estimate of drug-likeness (QED) is 0.710. The van der Waals surface area contributed by atoms with Crippen LogP contribution in [0.5, 0.6) is 0 Å². The summed E-state index contributed by atoms with van der Waals surface area (Å²) in [5.74, 6) is -0.168. The molecule has 6 nitrogen and oxygen atoms in total. The zero-order valence-corrected chi connectivity index (χ0v) is 16.5. The SMILES string of the molecule is COC(=O)CCN(C(=O)c1ccc(CNC(=O)C2CCCC2)cc1)C(C)C. The van der Waals surface area contributed by atoms with E-state index in [1.165, 1.54) is 7.11 Å². The molecule has 1 fully saturated rings. The maximum Gasteiger partial charge on any atom is 0.307 e. The topological polar surface area (TPSA) is 75.7 Å². The minimum Gasteiger partial charge on any atom is -0.469 e. The average molecular weight is 374 g/mol. The summed E-state index contributed by atoms with van der Waals surface area (Å²) in [6.45, 7) is 4.63. The van der Waals surface area contributed by atoms with Crippen molar-refractivity contribution < 1.29 is 19.1 Å². The Hall–Kier alpha value is -2.37. The third kappa shape index (κ3) is 6.08. The lowest BCUT2D eigenvalue weighted by Gasteiger charge is -2.26. The van der Waals surface area contributed by atoms with Crippen molar-refractivity contribution in [3.05, 3.63) is 35.4 Å². The highest BCUT2D eigenvalue weighted by Gasteiger charge is 2.22. The third-order valence-electron chi connectivity index (χ3n) is 5.06. The van der Waals surface area contributed by atoms with Crippen LogP contribution >= 0.6 is 0 Å². The second-order valence-corrected chi connectivity index (χ2v) is 7.31. The van der Waals surface area contributed by atoms with Gasteiger partial charge in [0.1, 0.15) is 0 Å². The lowest BCUT2D eigenvalue weighted by Crippen LogP contribution is -2.38. The van der Waals surface area contributed by atoms with E-state index in [2.05, 4.69) is 10.1 Å². The summed E-state index contributed by atoms with van der Waals surface area (Å²) in [5, 5.41) is 2.98. The summed E-state index contributed by atoms with van der Waals surface area (Å²) in [4.78, 5) is 37.9. The van der Waals surface area contributed by atoms with Gasteiger partial charge in [0, 0.05) is 30.6 Å². The summed E-state index contributed by atoms with van der Waals surface area (Å²) in [7, 11) is 1.34. The number of hydrogen-bond acceptors (Lipinski definition) is 4. The van der Waals surface area contributed by atoms with Gasteiger partial charge >= 0.3 is 5.97 Å². The van der Waals surface area contributed by atoms with E-state index in [1.54, 1.807) is 17.0 Å². The van der Waals surface area contributed by atoms with Crippen LogP contribution in [0.3, 0.4) is 0 Å². The van der Waals surface area contributed by atoms with Crippen molar-refractivity contribution in [2.75, 3.05) is 13.7 Å². The molecule has 1 aliphatic carbocycles. The predicted molar refractivity (Wildman–Crippen MR) is 103 cm³/mol. The molecule has 148 valence electrons. The molecule has 0 bridgehead atoms. The molecular weight excluding hydrogens is 344 g/mol. The van der Waals surface area contributed by atoms with Crippen molar-refractivity contribution in [1.82, 2.24) is 10.2 Å². The van der Waals surface area contributed by atoms with E-state index in [0.29, 0.717) is 18.7 Å². The minimum absolute atomic E-state index is 0.0208. The van der Waals surface area contributed by atoms with Crippen molar-refractivity contribution in [1.29, 1.82) is 0 Å². The molecule has 1 aromatic rings. The molecule has 1 aromatic carbocycles. The van der Waals surface area contributed by atoms with Crippen molar-refractivity contribution in [2.45, 2.75) is 58.5 Å². The molecule has 1 aliphatic rings. The zero-order chi connectivity index (χ0) is 19.8. The van der Waals surface area contributed by atoms with Gasteiger partial charge in [-0.1, -0.05) is 25.0 Å². The molecule has 0 spiro atoms. The Morgan fingerprint density at radius 1 is 1.15 bits per heavy atom. The second-order valence-electron chi connectivity index (χ2n) is 7.31. The number of nitrogens with zero attached hydrogens (tertiary/aromatic N) is 1. The van der Waals surface area contributed by atoms with Crippen LogP contribution in [0.1, 0.15) is 61.9 Å². The van der Waals surface area contributed by atoms with E-state index in [1.807, 2.05) is 26.0 Å². The first-order chi connectivity index (χ1) is 12.9. The molecule has 0 heterocycles. The first-order valence-corrected chi connectivity index (χ1v) is 9.66. The number of benzene rings is 1. The first kappa shape index (κ1) is 20.9. The van der Waals surface area contributed by atoms with Crippen LogP contribution < -0.4 is 5.32 Å². The van der Waals surface area contributed by atoms with Crippen LogP contribution in [0.2, 0.25) is 0 Å². The summed E-state index contributed by atoms with van der Waals surface area (Å²) < 4.78 is 4.65. The standard InChI is InChI=1S/C21H30N2O4/c1-15(2)23(13-12-19(24)27-3)21(26)18-10-8-16(9-11-18)14-22-20(25)17-6-4-5-7-17/h8-11,15,17H,4-7,12-14H2,1-3H3,(H,22,25). The third-order valence-corrected chi connectivity index (χ3v) is 5.06. The first-order valence-electron chi connectivity index (χ1n) is 9.66. The van der Waals surface area contributed by atoms with Crippen LogP contribution in [-0.4, -0.2) is 42.4 Å². The molecule has 0 saturated heterocycles. The molecule has 0 aromatic heterocycles. The van der Waals surface area contributed by atoms with Crippen LogP contribution in [0, 0.1) is 5.92 Å². The maximum atomic E-state index is 12.7. The van der Waals surface area contributed by atoms with Gasteiger partial charge in [-0.3, -0.25) is 14.4 Å². The molecular formula is C21H30N2O4. The van der Waals surface area contributed by atoms with Crippen molar-refractivity contribution in [2.24, 2.45) is 5.92 Å². The minimum atomic E-state index is -0.332. The van der Waals surface area contributed by atoms with E-state index in [-0.39, 0.29) is 36.2 Å². The van der Waals surface area contributed by atoms with Crippen molar-refractivity contribution in [3.8, 4) is 0 Å². The smallest absolute Gasteiger partial charge is 0.307 e. The van der Waals surface area contributed by atoms with Gasteiger partial charge in [-0.2, -0.15) is 0 Å². The number of rotatable bonds is 8. The molecule has 6 heteroatoms. The number of amides is 2. The van der Waals surface area contributed by atoms with E-state index >= 15 is 0 Å². The van der Waals surface area contributed by atoms with Gasteiger partial charge in [-0.05, 0) is 44.4 Å². The Balaban J connectivity index is 1.92. The fourth-order valence-corrected chi connectivity index (χ4v) is 3.36. The Labute approximate surface area is 161 Å². The number of carbonyl (C=O) groups excluding carboxylic acids is 3. The Morgan fingerprint density at radius 3 is 2.33 bits per heavy atom. The highest BCUT2D eigenvalue weighted by Crippen LogP contribution is 2.24. The molecule has 2 amide bonds. The number of carbonyl (C=O) groups is 3. The Kier molecular flexibility index (Phi) is 7.82. The molecule has 0 atom stereocenters. The molecule has 27 heavy (non-hydrogen) atoms. The Morgan fingerprint density at radius 2 is 1.78 bits per heavy atom. The number of hydrogen-bond donors (Lipinski definition) is 1. The average Bonchev–Trinajstić information content (AvgIpc) is 3.21. The fourth-order valence-electron chi connectivity index (χ4n) is 3.36. The number of methoxy groups -OCH3 is 1. The number of esters is 1. The monoisotopic (exact) mass is 374 g/mol. The van der Waals surface area contributed by atoms with Gasteiger partial charge in [0.2, 0.25) is 5.91 Å². The highest BCUT2D eigenvalue weighted by molar-refractivity contribution is 5.94. The number of nitrogens with one attached hydrogen (secondary N) is 1. The molecule has 0 unspecified atom stereocenters. The molecule has 2 rings (SSSR count). The fraction of sp³-hybridized carbons (Fsp3) is 0.571. The molecule has 0 aliphatic heterocycles. The van der Waals surface area contributed by atoms with Crippen LogP contribution in [0.25, 0.3) is 0 Å². The van der Waals surface area contributed by atoms with Crippen LogP contribution in [-0.2, 0) is 20.9 Å². The van der Waals surface area contributed by atoms with Gasteiger partial charge in [-0.25, -0.2) is 0 Å². The van der Waals surface area contributed by atoms with Gasteiger partial charge in [0.05, 0.1) is 13.5 Å². The Bertz CT molecular complexity index is 649. The van der Waals surface area contributed by atoms with Crippen LogP contribution in [0.4, 0.5) is 0 Å². The summed E-state index contributed by atoms with van der Waals surface area (Å²) >= 11 is 0. The second kappa shape index (κ2) is 10.1. The van der Waals surface area contributed by atoms with Gasteiger partial charge in [0.25, 0.3) is 5.91 Å². The van der Waals surface area contributed by atoms with Crippen LogP contribution in [0.15, 0.2) is 24.3 Å².